The van der Waals surface area contributed by atoms with Crippen molar-refractivity contribution in [2.75, 3.05) is 6.61 Å². The second kappa shape index (κ2) is 6.43. The van der Waals surface area contributed by atoms with Gasteiger partial charge in [-0.3, -0.25) is 9.79 Å². The quantitative estimate of drug-likeness (QED) is 0.824. The van der Waals surface area contributed by atoms with Gasteiger partial charge in [0.15, 0.2) is 5.78 Å². The Hall–Kier alpha value is -1.74. The minimum Gasteiger partial charge on any atom is -0.396 e. The Labute approximate surface area is 113 Å². The Kier molecular flexibility index (Phi) is 4.63. The minimum absolute atomic E-state index is 0.0599. The summed E-state index contributed by atoms with van der Waals surface area (Å²) < 4.78 is 0. The molecule has 0 unspecified atom stereocenters. The van der Waals surface area contributed by atoms with E-state index < -0.39 is 0 Å². The van der Waals surface area contributed by atoms with E-state index in [4.69, 9.17) is 5.11 Å². The van der Waals surface area contributed by atoms with Gasteiger partial charge in [-0.25, -0.2) is 0 Å². The molecule has 0 amide bonds. The maximum atomic E-state index is 12.0. The number of carbonyl (C=O) groups is 1. The van der Waals surface area contributed by atoms with E-state index in [0.29, 0.717) is 12.8 Å². The molecule has 19 heavy (non-hydrogen) atoms. The number of hydrogen-bond donors (Lipinski definition) is 1. The van der Waals surface area contributed by atoms with Gasteiger partial charge in [-0.2, -0.15) is 0 Å². The molecule has 0 saturated heterocycles. The van der Waals surface area contributed by atoms with Crippen LogP contribution >= 0.6 is 0 Å². The Morgan fingerprint density at radius 2 is 2.26 bits per heavy atom. The lowest BCUT2D eigenvalue weighted by Gasteiger charge is -2.06. The minimum atomic E-state index is 0.0599. The van der Waals surface area contributed by atoms with E-state index in [2.05, 4.69) is 18.0 Å². The van der Waals surface area contributed by atoms with Gasteiger partial charge in [-0.05, 0) is 36.1 Å². The van der Waals surface area contributed by atoms with Crippen LogP contribution in [0.5, 0.6) is 0 Å². The molecular formula is C16H19NO2. The normalized spacial score (nSPS) is 13.7. The zero-order chi connectivity index (χ0) is 13.7. The topological polar surface area (TPSA) is 49.7 Å². The fraction of sp³-hybridized carbons (Fsp3) is 0.375. The molecule has 1 N–H and O–H groups in total. The fourth-order valence-corrected chi connectivity index (χ4v) is 2.14. The first-order chi connectivity index (χ1) is 9.24. The summed E-state index contributed by atoms with van der Waals surface area (Å²) >= 11 is 0. The fourth-order valence-electron chi connectivity index (χ4n) is 2.14. The highest BCUT2D eigenvalue weighted by Gasteiger charge is 2.10. The molecule has 2 rings (SSSR count). The van der Waals surface area contributed by atoms with Crippen molar-refractivity contribution >= 4 is 18.1 Å². The standard InChI is InChI=1S/C16H19NO2/c1-2-15-11-14-10-13(16(19)4-3-9-18)6-5-12(14)7-8-17-15/h5-6,8,10-11,18H,2-4,7,9H2,1H3. The Morgan fingerprint density at radius 3 is 3.00 bits per heavy atom. The smallest absolute Gasteiger partial charge is 0.162 e. The Bertz CT molecular complexity index is 530. The third kappa shape index (κ3) is 3.38. The van der Waals surface area contributed by atoms with E-state index in [1.54, 1.807) is 0 Å². The van der Waals surface area contributed by atoms with E-state index in [0.717, 1.165) is 29.7 Å². The van der Waals surface area contributed by atoms with Crippen molar-refractivity contribution in [3.8, 4) is 0 Å². The maximum absolute atomic E-state index is 12.0. The van der Waals surface area contributed by atoms with Gasteiger partial charge in [0.05, 0.1) is 0 Å². The number of aliphatic imine (C=N–C) groups is 1. The van der Waals surface area contributed by atoms with Crippen molar-refractivity contribution in [2.45, 2.75) is 32.6 Å². The van der Waals surface area contributed by atoms with Crippen LogP contribution in [0.15, 0.2) is 28.9 Å². The van der Waals surface area contributed by atoms with E-state index in [1.807, 2.05) is 24.4 Å². The van der Waals surface area contributed by atoms with Crippen molar-refractivity contribution in [3.63, 3.8) is 0 Å². The van der Waals surface area contributed by atoms with Gasteiger partial charge >= 0.3 is 0 Å². The first-order valence-corrected chi connectivity index (χ1v) is 6.74. The molecule has 1 aromatic carbocycles. The summed E-state index contributed by atoms with van der Waals surface area (Å²) in [6.45, 7) is 2.13. The zero-order valence-electron chi connectivity index (χ0n) is 11.2. The number of benzene rings is 1. The molecule has 0 aromatic heterocycles. The lowest BCUT2D eigenvalue weighted by molar-refractivity contribution is 0.0971. The van der Waals surface area contributed by atoms with E-state index in [1.165, 1.54) is 5.56 Å². The van der Waals surface area contributed by atoms with Gasteiger partial charge < -0.3 is 5.11 Å². The van der Waals surface area contributed by atoms with Crippen molar-refractivity contribution in [3.05, 3.63) is 40.6 Å². The number of rotatable bonds is 5. The number of ketones is 1. The summed E-state index contributed by atoms with van der Waals surface area (Å²) in [6, 6.07) is 5.82. The highest BCUT2D eigenvalue weighted by Crippen LogP contribution is 2.21. The number of nitrogens with zero attached hydrogens (tertiary/aromatic N) is 1. The van der Waals surface area contributed by atoms with Crippen LogP contribution in [0.25, 0.3) is 6.08 Å². The number of fused-ring (bicyclic) bond motifs is 1. The van der Waals surface area contributed by atoms with Crippen molar-refractivity contribution in [2.24, 2.45) is 4.99 Å². The van der Waals surface area contributed by atoms with Crippen LogP contribution in [-0.2, 0) is 6.42 Å². The second-order valence-corrected chi connectivity index (χ2v) is 4.67. The molecule has 100 valence electrons. The largest absolute Gasteiger partial charge is 0.396 e. The van der Waals surface area contributed by atoms with Gasteiger partial charge in [0, 0.05) is 36.9 Å². The molecule has 0 fully saturated rings. The molecule has 0 radical (unpaired) electrons. The highest BCUT2D eigenvalue weighted by molar-refractivity contribution is 5.97. The molecular weight excluding hydrogens is 238 g/mol. The van der Waals surface area contributed by atoms with Gasteiger partial charge in [-0.1, -0.05) is 19.1 Å². The van der Waals surface area contributed by atoms with Crippen LogP contribution in [-0.4, -0.2) is 23.7 Å². The predicted molar refractivity (Wildman–Crippen MR) is 77.6 cm³/mol. The number of hydrogen-bond acceptors (Lipinski definition) is 3. The van der Waals surface area contributed by atoms with Gasteiger partial charge in [0.25, 0.3) is 0 Å². The number of aliphatic hydroxyl groups excluding tert-OH is 1. The Balaban J connectivity index is 2.28. The van der Waals surface area contributed by atoms with Gasteiger partial charge in [0.2, 0.25) is 0 Å². The molecule has 1 aliphatic rings. The third-order valence-corrected chi connectivity index (χ3v) is 3.28. The van der Waals surface area contributed by atoms with Crippen LogP contribution in [0.1, 0.15) is 47.7 Å². The summed E-state index contributed by atoms with van der Waals surface area (Å²) in [5.41, 5.74) is 4.05. The average molecular weight is 257 g/mol. The molecule has 1 aromatic rings. The van der Waals surface area contributed by atoms with Crippen LogP contribution in [0.4, 0.5) is 0 Å². The molecule has 0 saturated carbocycles. The summed E-state index contributed by atoms with van der Waals surface area (Å²) in [5.74, 6) is 0.0912. The lowest BCUT2D eigenvalue weighted by Crippen LogP contribution is -2.02. The lowest BCUT2D eigenvalue weighted by atomic mass is 9.98. The summed E-state index contributed by atoms with van der Waals surface area (Å²) in [5, 5.41) is 8.78. The second-order valence-electron chi connectivity index (χ2n) is 4.67. The zero-order valence-corrected chi connectivity index (χ0v) is 11.2. The van der Waals surface area contributed by atoms with E-state index in [-0.39, 0.29) is 12.4 Å². The maximum Gasteiger partial charge on any atom is 0.162 e. The average Bonchev–Trinajstić information content (AvgIpc) is 2.65. The molecule has 0 bridgehead atoms. The monoisotopic (exact) mass is 257 g/mol. The molecule has 1 heterocycles. The van der Waals surface area contributed by atoms with Crippen LogP contribution < -0.4 is 0 Å². The number of allylic oxidation sites excluding steroid dienone is 1. The molecule has 0 aliphatic carbocycles. The molecule has 3 heteroatoms. The molecule has 3 nitrogen and oxygen atoms in total. The van der Waals surface area contributed by atoms with E-state index in [9.17, 15) is 4.79 Å². The van der Waals surface area contributed by atoms with Crippen molar-refractivity contribution in [1.29, 1.82) is 0 Å². The highest BCUT2D eigenvalue weighted by atomic mass is 16.3. The summed E-state index contributed by atoms with van der Waals surface area (Å²) in [6.07, 6.45) is 6.60. The summed E-state index contributed by atoms with van der Waals surface area (Å²) in [7, 11) is 0. The predicted octanol–water partition coefficient (Wildman–Crippen LogP) is 3.02. The van der Waals surface area contributed by atoms with Gasteiger partial charge in [-0.15, -0.1) is 0 Å². The van der Waals surface area contributed by atoms with Crippen LogP contribution in [0.3, 0.4) is 0 Å². The van der Waals surface area contributed by atoms with Crippen LogP contribution in [0.2, 0.25) is 0 Å². The van der Waals surface area contributed by atoms with E-state index >= 15 is 0 Å². The third-order valence-electron chi connectivity index (χ3n) is 3.28. The summed E-state index contributed by atoms with van der Waals surface area (Å²) in [4.78, 5) is 16.4. The molecule has 0 spiro atoms. The SMILES string of the molecule is CCC1=Cc2cc(C(=O)CCCO)ccc2CC=N1. The number of carbonyl (C=O) groups excluding carboxylic acids is 1. The first kappa shape index (κ1) is 13.7. The number of aliphatic hydroxyl groups is 1. The van der Waals surface area contributed by atoms with Crippen LogP contribution in [0, 0.1) is 0 Å². The van der Waals surface area contributed by atoms with Crippen molar-refractivity contribution in [1.82, 2.24) is 0 Å². The van der Waals surface area contributed by atoms with Crippen molar-refractivity contribution < 1.29 is 9.90 Å². The number of Topliss-reactive ketones (excluding diaryl/α,β-unsaturated/α-hetero) is 1. The first-order valence-electron chi connectivity index (χ1n) is 6.74. The molecule has 0 atom stereocenters. The van der Waals surface area contributed by atoms with Gasteiger partial charge in [0.1, 0.15) is 0 Å². The Morgan fingerprint density at radius 1 is 1.42 bits per heavy atom. The molecule has 1 aliphatic heterocycles.